The van der Waals surface area contributed by atoms with E-state index in [2.05, 4.69) is 110 Å². The molecule has 0 aromatic carbocycles. The van der Waals surface area contributed by atoms with E-state index in [0.29, 0.717) is 30.8 Å². The highest BCUT2D eigenvalue weighted by Crippen LogP contribution is 2.22. The standard InChI is InChI=1S/C57H99N9O9S2/c1-15-44(9)49(64-55(73)74-56(10,11)12)53(71)62-47(52(70)66-60)37-77-35-32-43(8)27-19-24-40(5)22-17-25-41(6)30-33-57(13,14)75-54(72)63-45(28-29-48(58)67)50(68)61-46(51(69)65-59)36-76-34-31-42(7)26-18-23-39(4)21-16-20-38(2)3/h20,23-25,31-32,44-47,49H,15-19,21-22,26-30,33-37,59-60H2,1-14H3,(H2,58,67)(H,61,68)(H,62,71)(H,63,72)(H,64,73)(H,65,69)(H,66,70)/b39-23+,40-24+,41-25+,42-31+,43-32+/t44-,45+,46-,47-,49+/m0/s1. The SMILES string of the molecule is CC[C@H](C)[C@@H](NC(=O)OC(C)(C)C)C(=O)N[C@@H](CSC/C=C(\C)CC/C=C(\C)CC/C=C(\C)CCC(C)(C)OC(=O)N[C@H](CCC(N)=O)C(=O)N[C@@H](CSC/C=C(\C)CC/C=C(\C)CCC=C(C)C)C(=O)NN)C(=O)NN. The highest BCUT2D eigenvalue weighted by molar-refractivity contribution is 7.99. The molecule has 0 bridgehead atoms. The molecule has 0 aliphatic heterocycles. The number of thioether (sulfide) groups is 2. The van der Waals surface area contributed by atoms with Crippen molar-refractivity contribution < 1.29 is 43.0 Å². The van der Waals surface area contributed by atoms with Crippen LogP contribution in [0.25, 0.3) is 0 Å². The van der Waals surface area contributed by atoms with Crippen molar-refractivity contribution in [3.8, 4) is 0 Å². The molecule has 0 saturated heterocycles. The molecule has 0 aliphatic rings. The first-order valence-electron chi connectivity index (χ1n) is 27.0. The number of allylic oxidation sites excluding steroid dienone is 10. The van der Waals surface area contributed by atoms with Crippen LogP contribution in [0.4, 0.5) is 9.59 Å². The lowest BCUT2D eigenvalue weighted by molar-refractivity contribution is -0.130. The van der Waals surface area contributed by atoms with Crippen LogP contribution in [0.1, 0.15) is 180 Å². The number of alkyl carbamates (subject to hydrolysis) is 2. The molecule has 0 fully saturated rings. The van der Waals surface area contributed by atoms with Gasteiger partial charge in [-0.15, -0.1) is 0 Å². The predicted octanol–water partition coefficient (Wildman–Crippen LogP) is 9.08. The van der Waals surface area contributed by atoms with Crippen LogP contribution >= 0.6 is 23.5 Å². The number of hydrogen-bond acceptors (Lipinski definition) is 13. The molecule has 12 N–H and O–H groups in total. The Morgan fingerprint density at radius 1 is 0.519 bits per heavy atom. The van der Waals surface area contributed by atoms with E-state index in [1.165, 1.54) is 51.4 Å². The van der Waals surface area contributed by atoms with Crippen LogP contribution in [0.5, 0.6) is 0 Å². The summed E-state index contributed by atoms with van der Waals surface area (Å²) in [4.78, 5) is 89.6. The summed E-state index contributed by atoms with van der Waals surface area (Å²) in [5.74, 6) is 9.49. The number of hydrazine groups is 2. The van der Waals surface area contributed by atoms with Gasteiger partial charge in [-0.25, -0.2) is 21.3 Å². The van der Waals surface area contributed by atoms with Gasteiger partial charge in [-0.2, -0.15) is 23.5 Å². The first-order valence-corrected chi connectivity index (χ1v) is 29.3. The third kappa shape index (κ3) is 36.6. The van der Waals surface area contributed by atoms with E-state index in [1.807, 2.05) is 20.8 Å². The molecule has 7 amide bonds. The molecule has 0 spiro atoms. The lowest BCUT2D eigenvalue weighted by atomic mass is 9.98. The molecule has 0 aromatic heterocycles. The Kier molecular flexibility index (Phi) is 36.8. The van der Waals surface area contributed by atoms with Crippen molar-refractivity contribution in [3.63, 3.8) is 0 Å². The maximum absolute atomic E-state index is 13.5. The molecule has 20 heteroatoms. The number of carbonyl (C=O) groups excluding carboxylic acids is 7. The molecular weight excluding hydrogens is 1020 g/mol. The van der Waals surface area contributed by atoms with Crippen LogP contribution < -0.4 is 49.5 Å². The number of amides is 7. The topological polar surface area (TPSA) is 288 Å². The molecule has 0 rings (SSSR count). The fourth-order valence-corrected chi connectivity index (χ4v) is 9.29. The molecule has 0 radical (unpaired) electrons. The Labute approximate surface area is 470 Å². The van der Waals surface area contributed by atoms with Gasteiger partial charge in [0, 0.05) is 29.4 Å². The quantitative estimate of drug-likeness (QED) is 0.00924. The maximum atomic E-state index is 13.5. The second-order valence-corrected chi connectivity index (χ2v) is 23.9. The Morgan fingerprint density at radius 2 is 0.935 bits per heavy atom. The van der Waals surface area contributed by atoms with E-state index in [9.17, 15) is 33.6 Å². The van der Waals surface area contributed by atoms with Gasteiger partial charge >= 0.3 is 12.2 Å². The highest BCUT2D eigenvalue weighted by atomic mass is 32.2. The Hall–Kier alpha value is -5.05. The Morgan fingerprint density at radius 3 is 1.35 bits per heavy atom. The minimum atomic E-state index is -1.20. The van der Waals surface area contributed by atoms with Gasteiger partial charge in [0.05, 0.1) is 0 Å². The summed E-state index contributed by atoms with van der Waals surface area (Å²) in [6, 6.07) is -4.01. The number of primary amides is 1. The Bertz CT molecular complexity index is 2070. The van der Waals surface area contributed by atoms with Crippen LogP contribution in [0.15, 0.2) is 69.9 Å². The molecule has 18 nitrogen and oxygen atoms in total. The maximum Gasteiger partial charge on any atom is 0.408 e. The highest BCUT2D eigenvalue weighted by Gasteiger charge is 2.32. The van der Waals surface area contributed by atoms with Crippen molar-refractivity contribution in [2.75, 3.05) is 23.0 Å². The molecule has 0 aromatic rings. The molecular formula is C57H99N9O9S2. The van der Waals surface area contributed by atoms with Crippen LogP contribution in [0.3, 0.4) is 0 Å². The molecule has 0 unspecified atom stereocenters. The van der Waals surface area contributed by atoms with Gasteiger partial charge in [-0.05, 0) is 160 Å². The van der Waals surface area contributed by atoms with Gasteiger partial charge in [-0.3, -0.25) is 34.8 Å². The van der Waals surface area contributed by atoms with Crippen LogP contribution in [0, 0.1) is 5.92 Å². The molecule has 0 saturated carbocycles. The summed E-state index contributed by atoms with van der Waals surface area (Å²) in [5, 5.41) is 10.7. The Balaban J connectivity index is 5.18. The largest absolute Gasteiger partial charge is 0.444 e. The van der Waals surface area contributed by atoms with E-state index in [0.717, 1.165) is 56.9 Å². The smallest absolute Gasteiger partial charge is 0.408 e. The van der Waals surface area contributed by atoms with E-state index in [-0.39, 0.29) is 30.3 Å². The van der Waals surface area contributed by atoms with Crippen molar-refractivity contribution in [2.45, 2.75) is 216 Å². The molecule has 0 aliphatic carbocycles. The van der Waals surface area contributed by atoms with Gasteiger partial charge in [0.1, 0.15) is 35.4 Å². The number of hydrogen-bond donors (Lipinski definition) is 9. The summed E-state index contributed by atoms with van der Waals surface area (Å²) in [6.07, 6.45) is 20.5. The molecule has 77 heavy (non-hydrogen) atoms. The fraction of sp³-hybridized carbons (Fsp3) is 0.667. The second kappa shape index (κ2) is 39.3. The first kappa shape index (κ1) is 72.0. The lowest BCUT2D eigenvalue weighted by Crippen LogP contribution is -2.57. The number of nitrogens with two attached hydrogens (primary N) is 3. The first-order chi connectivity index (χ1) is 36.0. The average molecular weight is 1120 g/mol. The molecule has 5 atom stereocenters. The zero-order chi connectivity index (χ0) is 58.7. The van der Waals surface area contributed by atoms with Gasteiger partial charge in [-0.1, -0.05) is 90.2 Å². The lowest BCUT2D eigenvalue weighted by Gasteiger charge is -2.27. The summed E-state index contributed by atoms with van der Waals surface area (Å²) in [6.45, 7) is 27.2. The minimum absolute atomic E-state index is 0.0984. The van der Waals surface area contributed by atoms with E-state index >= 15 is 0 Å². The van der Waals surface area contributed by atoms with E-state index in [4.69, 9.17) is 26.9 Å². The van der Waals surface area contributed by atoms with E-state index < -0.39 is 77.1 Å². The monoisotopic (exact) mass is 1120 g/mol. The van der Waals surface area contributed by atoms with Crippen molar-refractivity contribution in [2.24, 2.45) is 23.3 Å². The molecule has 0 heterocycles. The third-order valence-electron chi connectivity index (χ3n) is 12.4. The van der Waals surface area contributed by atoms with Gasteiger partial charge < -0.3 is 36.5 Å². The summed E-state index contributed by atoms with van der Waals surface area (Å²) >= 11 is 2.94. The minimum Gasteiger partial charge on any atom is -0.444 e. The fourth-order valence-electron chi connectivity index (χ4n) is 7.28. The number of ether oxygens (including phenoxy) is 2. The van der Waals surface area contributed by atoms with Crippen molar-refractivity contribution >= 4 is 65.2 Å². The zero-order valence-corrected chi connectivity index (χ0v) is 50.7. The van der Waals surface area contributed by atoms with Crippen molar-refractivity contribution in [3.05, 3.63) is 69.9 Å². The molecule has 438 valence electrons. The van der Waals surface area contributed by atoms with Gasteiger partial charge in [0.2, 0.25) is 17.7 Å². The van der Waals surface area contributed by atoms with Crippen LogP contribution in [-0.2, 0) is 33.4 Å². The summed E-state index contributed by atoms with van der Waals surface area (Å²) in [5.41, 5.74) is 15.5. The normalized spacial score (nSPS) is 14.7. The second-order valence-electron chi connectivity index (χ2n) is 21.8. The number of nitrogens with one attached hydrogen (secondary N) is 6. The average Bonchev–Trinajstić information content (AvgIpc) is 3.33. The summed E-state index contributed by atoms with van der Waals surface area (Å²) < 4.78 is 11.1. The number of carbonyl (C=O) groups is 7. The van der Waals surface area contributed by atoms with E-state index in [1.54, 1.807) is 34.6 Å². The van der Waals surface area contributed by atoms with Crippen molar-refractivity contribution in [1.29, 1.82) is 0 Å². The van der Waals surface area contributed by atoms with Crippen molar-refractivity contribution in [1.82, 2.24) is 32.1 Å². The van der Waals surface area contributed by atoms with Crippen LogP contribution in [-0.4, -0.2) is 100 Å². The number of rotatable bonds is 37. The predicted molar refractivity (Wildman–Crippen MR) is 316 cm³/mol. The third-order valence-corrected chi connectivity index (χ3v) is 14.3. The van der Waals surface area contributed by atoms with Gasteiger partial charge in [0.25, 0.3) is 11.8 Å². The van der Waals surface area contributed by atoms with Crippen LogP contribution in [0.2, 0.25) is 0 Å². The van der Waals surface area contributed by atoms with Gasteiger partial charge in [0.15, 0.2) is 0 Å². The zero-order valence-electron chi connectivity index (χ0n) is 49.1. The summed E-state index contributed by atoms with van der Waals surface area (Å²) in [7, 11) is 0.